The summed E-state index contributed by atoms with van der Waals surface area (Å²) in [5, 5.41) is 0.534. The molecule has 0 fully saturated rings. The first kappa shape index (κ1) is 12.9. The lowest BCUT2D eigenvalue weighted by Gasteiger charge is -2.07. The lowest BCUT2D eigenvalue weighted by atomic mass is 10.1. The van der Waals surface area contributed by atoms with E-state index in [9.17, 15) is 4.79 Å². The normalized spacial score (nSPS) is 10.7. The van der Waals surface area contributed by atoms with Crippen molar-refractivity contribution in [3.8, 4) is 17.0 Å². The summed E-state index contributed by atoms with van der Waals surface area (Å²) in [5.41, 5.74) is 1.48. The van der Waals surface area contributed by atoms with Crippen LogP contribution in [0.3, 0.4) is 0 Å². The Balaban J connectivity index is 2.33. The molecule has 100 valence electrons. The molecule has 0 radical (unpaired) electrons. The molecule has 0 saturated heterocycles. The summed E-state index contributed by atoms with van der Waals surface area (Å²) in [6, 6.07) is 8.91. The van der Waals surface area contributed by atoms with Crippen molar-refractivity contribution < 1.29 is 9.15 Å². The van der Waals surface area contributed by atoms with E-state index in [0.717, 1.165) is 4.47 Å². The Bertz CT molecular complexity index is 842. The van der Waals surface area contributed by atoms with Crippen LogP contribution in [-0.4, -0.2) is 12.1 Å². The zero-order valence-electron chi connectivity index (χ0n) is 10.6. The average molecular weight is 332 g/mol. The van der Waals surface area contributed by atoms with E-state index in [-0.39, 0.29) is 5.43 Å². The van der Waals surface area contributed by atoms with E-state index in [0.29, 0.717) is 28.0 Å². The molecule has 0 bridgehead atoms. The third kappa shape index (κ3) is 2.10. The zero-order chi connectivity index (χ0) is 14.1. The Morgan fingerprint density at radius 3 is 2.85 bits per heavy atom. The van der Waals surface area contributed by atoms with E-state index < -0.39 is 0 Å². The van der Waals surface area contributed by atoms with Crippen LogP contribution in [0.4, 0.5) is 0 Å². The summed E-state index contributed by atoms with van der Waals surface area (Å²) >= 11 is 3.35. The highest BCUT2D eigenvalue weighted by atomic mass is 79.9. The van der Waals surface area contributed by atoms with Gasteiger partial charge in [-0.25, -0.2) is 4.98 Å². The maximum Gasteiger partial charge on any atom is 0.221 e. The first-order valence-electron chi connectivity index (χ1n) is 5.91. The molecule has 0 aliphatic rings. The van der Waals surface area contributed by atoms with Crippen LogP contribution in [-0.2, 0) is 0 Å². The van der Waals surface area contributed by atoms with Crippen LogP contribution >= 0.6 is 15.9 Å². The Labute approximate surface area is 123 Å². The zero-order valence-corrected chi connectivity index (χ0v) is 12.2. The summed E-state index contributed by atoms with van der Waals surface area (Å²) in [6.07, 6.45) is 3.06. The Morgan fingerprint density at radius 1 is 1.25 bits per heavy atom. The molecule has 0 N–H and O–H groups in total. The van der Waals surface area contributed by atoms with E-state index in [4.69, 9.17) is 9.15 Å². The lowest BCUT2D eigenvalue weighted by Crippen LogP contribution is -2.06. The number of hydrogen-bond acceptors (Lipinski definition) is 4. The lowest BCUT2D eigenvalue weighted by molar-refractivity contribution is 0.399. The molecule has 20 heavy (non-hydrogen) atoms. The van der Waals surface area contributed by atoms with Gasteiger partial charge in [0.2, 0.25) is 11.3 Å². The number of ether oxygens (including phenoxy) is 1. The van der Waals surface area contributed by atoms with Gasteiger partial charge in [-0.3, -0.25) is 4.79 Å². The number of hydrogen-bond donors (Lipinski definition) is 0. The first-order valence-corrected chi connectivity index (χ1v) is 6.70. The van der Waals surface area contributed by atoms with Crippen LogP contribution in [0.5, 0.6) is 5.88 Å². The van der Waals surface area contributed by atoms with Gasteiger partial charge in [0.15, 0.2) is 0 Å². The Kier molecular flexibility index (Phi) is 3.28. The standard InChI is InChI=1S/C15H10BrNO3/c1-19-15-11(6-9(16)7-17-15)12-8-20-13-5-3-2-4-10(13)14(12)18/h2-8H,1H3. The van der Waals surface area contributed by atoms with Crippen LogP contribution < -0.4 is 10.2 Å². The van der Waals surface area contributed by atoms with Crippen molar-refractivity contribution in [3.05, 3.63) is 57.5 Å². The largest absolute Gasteiger partial charge is 0.481 e. The highest BCUT2D eigenvalue weighted by Gasteiger charge is 2.14. The maximum absolute atomic E-state index is 12.5. The molecule has 0 aliphatic carbocycles. The van der Waals surface area contributed by atoms with Crippen molar-refractivity contribution in [2.75, 3.05) is 7.11 Å². The average Bonchev–Trinajstić information content (AvgIpc) is 2.48. The summed E-state index contributed by atoms with van der Waals surface area (Å²) < 4.78 is 11.5. The molecule has 0 atom stereocenters. The third-order valence-electron chi connectivity index (χ3n) is 2.98. The Morgan fingerprint density at radius 2 is 2.05 bits per heavy atom. The summed E-state index contributed by atoms with van der Waals surface area (Å²) in [4.78, 5) is 16.7. The van der Waals surface area contributed by atoms with E-state index in [1.54, 1.807) is 30.5 Å². The molecule has 1 aromatic carbocycles. The quantitative estimate of drug-likeness (QED) is 0.719. The number of methoxy groups -OCH3 is 1. The molecule has 0 spiro atoms. The predicted octanol–water partition coefficient (Wildman–Crippen LogP) is 3.63. The van der Waals surface area contributed by atoms with E-state index in [2.05, 4.69) is 20.9 Å². The molecule has 0 saturated carbocycles. The van der Waals surface area contributed by atoms with E-state index in [1.807, 2.05) is 6.07 Å². The van der Waals surface area contributed by atoms with Gasteiger partial charge < -0.3 is 9.15 Å². The molecular formula is C15H10BrNO3. The second-order valence-electron chi connectivity index (χ2n) is 4.19. The molecule has 2 heterocycles. The molecule has 0 amide bonds. The van der Waals surface area contributed by atoms with Gasteiger partial charge in [-0.05, 0) is 34.1 Å². The van der Waals surface area contributed by atoms with Crippen molar-refractivity contribution in [1.29, 1.82) is 0 Å². The maximum atomic E-state index is 12.5. The van der Waals surface area contributed by atoms with Crippen molar-refractivity contribution in [2.24, 2.45) is 0 Å². The summed E-state index contributed by atoms with van der Waals surface area (Å²) in [5.74, 6) is 0.385. The van der Waals surface area contributed by atoms with Gasteiger partial charge in [0, 0.05) is 10.7 Å². The molecule has 0 unspecified atom stereocenters. The fraction of sp³-hybridized carbons (Fsp3) is 0.0667. The number of aromatic nitrogens is 1. The van der Waals surface area contributed by atoms with Crippen molar-refractivity contribution in [1.82, 2.24) is 4.98 Å². The van der Waals surface area contributed by atoms with Crippen LogP contribution in [0, 0.1) is 0 Å². The van der Waals surface area contributed by atoms with Gasteiger partial charge in [0.05, 0.1) is 23.6 Å². The summed E-state index contributed by atoms with van der Waals surface area (Å²) in [6.45, 7) is 0. The SMILES string of the molecule is COc1ncc(Br)cc1-c1coc2ccccc2c1=O. The molecular weight excluding hydrogens is 322 g/mol. The van der Waals surface area contributed by atoms with Gasteiger partial charge >= 0.3 is 0 Å². The van der Waals surface area contributed by atoms with Crippen molar-refractivity contribution >= 4 is 26.9 Å². The minimum atomic E-state index is -0.106. The number of nitrogens with zero attached hydrogens (tertiary/aromatic N) is 1. The molecule has 4 nitrogen and oxygen atoms in total. The number of benzene rings is 1. The van der Waals surface area contributed by atoms with Crippen LogP contribution in [0.15, 0.2) is 56.5 Å². The molecule has 2 aromatic heterocycles. The topological polar surface area (TPSA) is 52.3 Å². The Hall–Kier alpha value is -2.14. The smallest absolute Gasteiger partial charge is 0.221 e. The van der Waals surface area contributed by atoms with Crippen molar-refractivity contribution in [2.45, 2.75) is 0 Å². The molecule has 0 aliphatic heterocycles. The number of fused-ring (bicyclic) bond motifs is 1. The summed E-state index contributed by atoms with van der Waals surface area (Å²) in [7, 11) is 1.52. The second-order valence-corrected chi connectivity index (χ2v) is 5.10. The minimum absolute atomic E-state index is 0.106. The predicted molar refractivity (Wildman–Crippen MR) is 80.0 cm³/mol. The van der Waals surface area contributed by atoms with Crippen molar-refractivity contribution in [3.63, 3.8) is 0 Å². The molecule has 3 aromatic rings. The molecule has 5 heteroatoms. The first-order chi connectivity index (χ1) is 9.70. The van der Waals surface area contributed by atoms with Crippen LogP contribution in [0.1, 0.15) is 0 Å². The third-order valence-corrected chi connectivity index (χ3v) is 3.42. The molecule has 3 rings (SSSR count). The van der Waals surface area contributed by atoms with Gasteiger partial charge in [-0.2, -0.15) is 0 Å². The number of halogens is 1. The monoisotopic (exact) mass is 331 g/mol. The second kappa shape index (κ2) is 5.09. The highest BCUT2D eigenvalue weighted by molar-refractivity contribution is 9.10. The van der Waals surface area contributed by atoms with Gasteiger partial charge in [0.25, 0.3) is 0 Å². The number of rotatable bonds is 2. The van der Waals surface area contributed by atoms with E-state index >= 15 is 0 Å². The van der Waals surface area contributed by atoms with Gasteiger partial charge in [0.1, 0.15) is 11.8 Å². The minimum Gasteiger partial charge on any atom is -0.481 e. The van der Waals surface area contributed by atoms with Gasteiger partial charge in [-0.1, -0.05) is 12.1 Å². The number of pyridine rings is 1. The fourth-order valence-electron chi connectivity index (χ4n) is 2.05. The van der Waals surface area contributed by atoms with Crippen LogP contribution in [0.25, 0.3) is 22.1 Å². The fourth-order valence-corrected chi connectivity index (χ4v) is 2.38. The van der Waals surface area contributed by atoms with Gasteiger partial charge in [-0.15, -0.1) is 0 Å². The van der Waals surface area contributed by atoms with E-state index in [1.165, 1.54) is 13.4 Å². The number of para-hydroxylation sites is 1. The van der Waals surface area contributed by atoms with Crippen LogP contribution in [0.2, 0.25) is 0 Å². The highest BCUT2D eigenvalue weighted by Crippen LogP contribution is 2.29.